The number of para-hydroxylation sites is 1. The van der Waals surface area contributed by atoms with E-state index < -0.39 is 17.4 Å². The van der Waals surface area contributed by atoms with Crippen LogP contribution < -0.4 is 9.80 Å². The van der Waals surface area contributed by atoms with Gasteiger partial charge in [-0.15, -0.1) is 0 Å². The maximum atomic E-state index is 13.7. The molecule has 0 aliphatic carbocycles. The number of anilines is 2. The quantitative estimate of drug-likeness (QED) is 0.426. The molecule has 0 saturated carbocycles. The smallest absolute Gasteiger partial charge is 0.264 e. The van der Waals surface area contributed by atoms with E-state index in [0.717, 1.165) is 30.6 Å². The number of carbonyl (C=O) groups is 3. The van der Waals surface area contributed by atoms with Crippen LogP contribution in [0.3, 0.4) is 0 Å². The summed E-state index contributed by atoms with van der Waals surface area (Å²) in [5.41, 5.74) is 1.20. The van der Waals surface area contributed by atoms with E-state index in [-0.39, 0.29) is 30.9 Å². The molecule has 194 valence electrons. The molecule has 2 fully saturated rings. The van der Waals surface area contributed by atoms with Crippen LogP contribution in [0.4, 0.5) is 11.4 Å². The lowest BCUT2D eigenvalue weighted by molar-refractivity contribution is -0.139. The Morgan fingerprint density at radius 3 is 2.57 bits per heavy atom. The van der Waals surface area contributed by atoms with E-state index in [9.17, 15) is 24.6 Å². The second-order valence-electron chi connectivity index (χ2n) is 10.1. The van der Waals surface area contributed by atoms with Crippen LogP contribution in [0.2, 0.25) is 0 Å². The van der Waals surface area contributed by atoms with Gasteiger partial charge in [0.25, 0.3) is 5.91 Å². The van der Waals surface area contributed by atoms with Gasteiger partial charge in [0, 0.05) is 43.1 Å². The molecule has 2 saturated heterocycles. The molecule has 3 aliphatic heterocycles. The van der Waals surface area contributed by atoms with E-state index in [2.05, 4.69) is 0 Å². The van der Waals surface area contributed by atoms with Gasteiger partial charge in [0.15, 0.2) is 5.60 Å². The van der Waals surface area contributed by atoms with Crippen molar-refractivity contribution in [1.82, 2.24) is 4.90 Å². The van der Waals surface area contributed by atoms with Gasteiger partial charge in [-0.3, -0.25) is 14.4 Å². The Bertz CT molecular complexity index is 1230. The Balaban J connectivity index is 1.31. The molecule has 3 aliphatic rings. The minimum Gasteiger partial charge on any atom is -0.394 e. The number of aliphatic hydroxyl groups excluding tert-OH is 1. The average Bonchev–Trinajstić information content (AvgIpc) is 3.47. The molecule has 8 nitrogen and oxygen atoms in total. The van der Waals surface area contributed by atoms with Crippen molar-refractivity contribution in [2.24, 2.45) is 5.92 Å². The Kier molecular flexibility index (Phi) is 6.88. The summed E-state index contributed by atoms with van der Waals surface area (Å²) in [6.07, 6.45) is 5.87. The van der Waals surface area contributed by atoms with Crippen molar-refractivity contribution in [2.45, 2.75) is 50.8 Å². The predicted octanol–water partition coefficient (Wildman–Crippen LogP) is 2.72. The molecule has 0 radical (unpaired) electrons. The van der Waals surface area contributed by atoms with Crippen LogP contribution in [-0.2, 0) is 26.5 Å². The van der Waals surface area contributed by atoms with Gasteiger partial charge in [0.2, 0.25) is 11.8 Å². The predicted molar refractivity (Wildman–Crippen MR) is 140 cm³/mol. The fraction of sp³-hybridized carbons (Fsp3) is 0.414. The molecule has 5 rings (SSSR count). The molecule has 3 amide bonds. The number of benzene rings is 2. The van der Waals surface area contributed by atoms with Crippen LogP contribution >= 0.6 is 0 Å². The lowest BCUT2D eigenvalue weighted by Gasteiger charge is -2.31. The van der Waals surface area contributed by atoms with Crippen molar-refractivity contribution in [3.63, 3.8) is 0 Å². The van der Waals surface area contributed by atoms with Gasteiger partial charge in [-0.2, -0.15) is 0 Å². The van der Waals surface area contributed by atoms with Gasteiger partial charge in [-0.05, 0) is 36.6 Å². The van der Waals surface area contributed by atoms with Crippen molar-refractivity contribution in [2.75, 3.05) is 29.5 Å². The Hall–Kier alpha value is -3.49. The molecule has 2 N–H and O–H groups in total. The van der Waals surface area contributed by atoms with Gasteiger partial charge in [-0.25, -0.2) is 0 Å². The Morgan fingerprint density at radius 1 is 1.14 bits per heavy atom. The number of β-lactam (4-membered cyclic amide) rings is 1. The normalized spacial score (nSPS) is 24.1. The summed E-state index contributed by atoms with van der Waals surface area (Å²) >= 11 is 0. The molecule has 2 aromatic carbocycles. The van der Waals surface area contributed by atoms with E-state index in [4.69, 9.17) is 0 Å². The van der Waals surface area contributed by atoms with Crippen molar-refractivity contribution >= 4 is 29.1 Å². The van der Waals surface area contributed by atoms with E-state index in [0.29, 0.717) is 30.8 Å². The molecule has 0 aromatic heterocycles. The molecule has 0 bridgehead atoms. The van der Waals surface area contributed by atoms with Crippen LogP contribution in [0.25, 0.3) is 0 Å². The first-order valence-corrected chi connectivity index (χ1v) is 12.9. The number of nitrogens with zero attached hydrogens (tertiary/aromatic N) is 3. The van der Waals surface area contributed by atoms with E-state index in [1.165, 1.54) is 0 Å². The van der Waals surface area contributed by atoms with Gasteiger partial charge >= 0.3 is 0 Å². The summed E-state index contributed by atoms with van der Waals surface area (Å²) in [5, 5.41) is 21.2. The number of rotatable bonds is 8. The highest BCUT2D eigenvalue weighted by molar-refractivity contribution is 6.07. The fourth-order valence-corrected chi connectivity index (χ4v) is 5.59. The maximum absolute atomic E-state index is 13.7. The number of hydrogen-bond donors (Lipinski definition) is 2. The first kappa shape index (κ1) is 25.2. The lowest BCUT2D eigenvalue weighted by atomic mass is 9.83. The van der Waals surface area contributed by atoms with Crippen LogP contribution in [0, 0.1) is 5.92 Å². The molecule has 37 heavy (non-hydrogen) atoms. The summed E-state index contributed by atoms with van der Waals surface area (Å²) < 4.78 is 0. The van der Waals surface area contributed by atoms with Crippen molar-refractivity contribution in [3.05, 3.63) is 71.8 Å². The molecule has 3 atom stereocenters. The van der Waals surface area contributed by atoms with Crippen LogP contribution in [0.1, 0.15) is 43.7 Å². The molecule has 2 aromatic rings. The number of aliphatic hydroxyl groups is 2. The topological polar surface area (TPSA) is 101 Å². The highest BCUT2D eigenvalue weighted by atomic mass is 16.3. The molecular weight excluding hydrogens is 470 g/mol. The summed E-state index contributed by atoms with van der Waals surface area (Å²) in [4.78, 5) is 43.1. The van der Waals surface area contributed by atoms with Gasteiger partial charge < -0.3 is 24.9 Å². The minimum absolute atomic E-state index is 0.0359. The van der Waals surface area contributed by atoms with Crippen LogP contribution in [0.5, 0.6) is 0 Å². The lowest BCUT2D eigenvalue weighted by Crippen LogP contribution is -2.44. The standard InChI is InChI=1S/C29H33N3O5/c1-20(6-4-10-26(34)30-16-5-7-23(30)19-33)29(37)24-8-2-3-9-25(24)32(28(29)36)18-21-11-13-22(14-12-21)31-17-15-27(31)35/h2-4,6,8-9,11-14,20,23,33,37H,5,7,10,15-19H2,1H3/b6-4+/t20-,23-,29+/m0/s1. The molecule has 0 unspecified atom stereocenters. The molecule has 3 heterocycles. The van der Waals surface area contributed by atoms with E-state index >= 15 is 0 Å². The molecule has 8 heteroatoms. The zero-order valence-corrected chi connectivity index (χ0v) is 21.0. The highest BCUT2D eigenvalue weighted by Gasteiger charge is 2.52. The third kappa shape index (κ3) is 4.45. The highest BCUT2D eigenvalue weighted by Crippen LogP contribution is 2.45. The monoisotopic (exact) mass is 503 g/mol. The van der Waals surface area contributed by atoms with E-state index in [1.807, 2.05) is 42.5 Å². The SMILES string of the molecule is C[C@@H](/C=C/CC(=O)N1CCC[C@H]1CO)[C@]1(O)C(=O)N(Cc2ccc(N3CCC3=O)cc2)c2ccccc21. The van der Waals surface area contributed by atoms with Crippen molar-refractivity contribution < 1.29 is 24.6 Å². The molecular formula is C29H33N3O5. The van der Waals surface area contributed by atoms with Gasteiger partial charge in [0.1, 0.15) is 0 Å². The minimum atomic E-state index is -1.75. The zero-order chi connectivity index (χ0) is 26.2. The second-order valence-corrected chi connectivity index (χ2v) is 10.1. The van der Waals surface area contributed by atoms with Gasteiger partial charge in [0.05, 0.1) is 24.9 Å². The number of amides is 3. The molecule has 0 spiro atoms. The van der Waals surface area contributed by atoms with Crippen molar-refractivity contribution in [1.29, 1.82) is 0 Å². The number of carbonyl (C=O) groups excluding carboxylic acids is 3. The Morgan fingerprint density at radius 2 is 1.89 bits per heavy atom. The number of fused-ring (bicyclic) bond motifs is 1. The van der Waals surface area contributed by atoms with Crippen molar-refractivity contribution in [3.8, 4) is 0 Å². The maximum Gasteiger partial charge on any atom is 0.264 e. The first-order valence-electron chi connectivity index (χ1n) is 12.9. The van der Waals surface area contributed by atoms with Crippen LogP contribution in [-0.4, -0.2) is 58.6 Å². The summed E-state index contributed by atoms with van der Waals surface area (Å²) in [6.45, 7) is 3.41. The Labute approximate surface area is 216 Å². The summed E-state index contributed by atoms with van der Waals surface area (Å²) in [5.74, 6) is -0.918. The largest absolute Gasteiger partial charge is 0.394 e. The first-order chi connectivity index (χ1) is 17.8. The second kappa shape index (κ2) is 10.1. The van der Waals surface area contributed by atoms with Crippen LogP contribution in [0.15, 0.2) is 60.7 Å². The van der Waals surface area contributed by atoms with Gasteiger partial charge in [-0.1, -0.05) is 49.4 Å². The number of hydrogen-bond acceptors (Lipinski definition) is 5. The summed E-state index contributed by atoms with van der Waals surface area (Å²) in [6, 6.07) is 14.7. The fourth-order valence-electron chi connectivity index (χ4n) is 5.59. The third-order valence-electron chi connectivity index (χ3n) is 7.90. The zero-order valence-electron chi connectivity index (χ0n) is 21.0. The van der Waals surface area contributed by atoms with E-state index in [1.54, 1.807) is 39.8 Å². The number of likely N-dealkylation sites (tertiary alicyclic amines) is 1. The average molecular weight is 504 g/mol. The third-order valence-corrected chi connectivity index (χ3v) is 7.90. The summed E-state index contributed by atoms with van der Waals surface area (Å²) in [7, 11) is 0.